The smallest absolute Gasteiger partial charge is 0.282 e. The fourth-order valence-electron chi connectivity index (χ4n) is 4.55. The summed E-state index contributed by atoms with van der Waals surface area (Å²) in [6.45, 7) is 3.15. The Morgan fingerprint density at radius 1 is 0.931 bits per heavy atom. The lowest BCUT2D eigenvalue weighted by Gasteiger charge is -2.24. The van der Waals surface area contributed by atoms with Crippen molar-refractivity contribution in [1.82, 2.24) is 4.90 Å². The van der Waals surface area contributed by atoms with Crippen molar-refractivity contribution in [2.24, 2.45) is 0 Å². The minimum Gasteiger partial charge on any atom is -0.371 e. The molecule has 1 unspecified atom stereocenters. The number of benzene rings is 2. The molecule has 2 aromatic rings. The molecule has 0 spiro atoms. The van der Waals surface area contributed by atoms with Gasteiger partial charge in [-0.1, -0.05) is 30.3 Å². The molecule has 2 aromatic carbocycles. The molecule has 2 aliphatic heterocycles. The second-order valence-electron chi connectivity index (χ2n) is 7.98. The summed E-state index contributed by atoms with van der Waals surface area (Å²) in [6, 6.07) is 15.6. The Hall–Kier alpha value is -2.89. The van der Waals surface area contributed by atoms with Gasteiger partial charge in [0.15, 0.2) is 0 Å². The first-order valence-corrected chi connectivity index (χ1v) is 10.5. The summed E-state index contributed by atoms with van der Waals surface area (Å²) in [6.07, 6.45) is 5.16. The van der Waals surface area contributed by atoms with Crippen molar-refractivity contribution in [1.29, 1.82) is 0 Å². The first-order chi connectivity index (χ1) is 14.1. The average Bonchev–Trinajstić information content (AvgIpc) is 3.18. The van der Waals surface area contributed by atoms with Crippen molar-refractivity contribution >= 4 is 17.3 Å². The number of hydrogen-bond donors (Lipinski definition) is 0. The lowest BCUT2D eigenvalue weighted by Crippen LogP contribution is -2.29. The number of likely N-dealkylation sites (tertiary alicyclic amines) is 1. The monoisotopic (exact) mass is 393 g/mol. The number of rotatable bonds is 4. The molecule has 0 radical (unpaired) electrons. The molecule has 0 N–H and O–H groups in total. The molecule has 6 heteroatoms. The third-order valence-corrected chi connectivity index (χ3v) is 6.16. The van der Waals surface area contributed by atoms with Gasteiger partial charge in [0.2, 0.25) is 0 Å². The maximum Gasteiger partial charge on any atom is 0.282 e. The lowest BCUT2D eigenvalue weighted by atomic mass is 9.92. The molecule has 1 amide bonds. The molecule has 0 bridgehead atoms. The van der Waals surface area contributed by atoms with Crippen LogP contribution in [0.5, 0.6) is 0 Å². The van der Waals surface area contributed by atoms with Crippen molar-refractivity contribution in [3.63, 3.8) is 0 Å². The van der Waals surface area contributed by atoms with E-state index in [1.54, 1.807) is 17.0 Å². The highest BCUT2D eigenvalue weighted by atomic mass is 16.6. The molecule has 1 atom stereocenters. The van der Waals surface area contributed by atoms with Crippen molar-refractivity contribution in [2.75, 3.05) is 31.1 Å². The normalized spacial score (nSPS) is 19.8. The molecule has 6 nitrogen and oxygen atoms in total. The van der Waals surface area contributed by atoms with E-state index in [1.165, 1.54) is 11.6 Å². The highest BCUT2D eigenvalue weighted by Crippen LogP contribution is 2.32. The van der Waals surface area contributed by atoms with Crippen LogP contribution < -0.4 is 4.90 Å². The van der Waals surface area contributed by atoms with Crippen LogP contribution in [0.25, 0.3) is 0 Å². The summed E-state index contributed by atoms with van der Waals surface area (Å²) in [7, 11) is 0. The molecule has 2 fully saturated rings. The van der Waals surface area contributed by atoms with Crippen LogP contribution in [0.2, 0.25) is 0 Å². The van der Waals surface area contributed by atoms with E-state index in [4.69, 9.17) is 0 Å². The predicted octanol–water partition coefficient (Wildman–Crippen LogP) is 4.60. The number of anilines is 1. The van der Waals surface area contributed by atoms with Crippen LogP contribution in [-0.2, 0) is 0 Å². The third kappa shape index (κ3) is 4.26. The van der Waals surface area contributed by atoms with E-state index in [1.807, 2.05) is 6.07 Å². The fourth-order valence-corrected chi connectivity index (χ4v) is 4.55. The van der Waals surface area contributed by atoms with E-state index in [2.05, 4.69) is 29.2 Å². The van der Waals surface area contributed by atoms with Gasteiger partial charge < -0.3 is 9.80 Å². The summed E-state index contributed by atoms with van der Waals surface area (Å²) in [5.41, 5.74) is 2.41. The second-order valence-corrected chi connectivity index (χ2v) is 7.98. The fraction of sp³-hybridized carbons (Fsp3) is 0.435. The Bertz CT molecular complexity index is 878. The van der Waals surface area contributed by atoms with Crippen LogP contribution >= 0.6 is 0 Å². The SMILES string of the molecule is O=C(c1cc(N2CCCC(c3ccccc3)CC2)ccc1[N+](=O)[O-])N1CCCC1. The molecule has 2 saturated heterocycles. The van der Waals surface area contributed by atoms with Crippen molar-refractivity contribution in [2.45, 2.75) is 38.0 Å². The van der Waals surface area contributed by atoms with Crippen LogP contribution in [0.3, 0.4) is 0 Å². The Labute approximate surface area is 171 Å². The molecule has 0 aliphatic carbocycles. The standard InChI is InChI=1S/C23H27N3O3/c27-23(25-13-4-5-14-25)21-17-20(10-11-22(21)26(28)29)24-15-6-9-19(12-16-24)18-7-2-1-3-8-18/h1-3,7-8,10-11,17,19H,4-6,9,12-16H2. The minimum atomic E-state index is -0.444. The van der Waals surface area contributed by atoms with E-state index in [0.29, 0.717) is 19.0 Å². The number of carbonyl (C=O) groups excluding carboxylic acids is 1. The van der Waals surface area contributed by atoms with E-state index in [-0.39, 0.29) is 17.2 Å². The Morgan fingerprint density at radius 3 is 2.41 bits per heavy atom. The topological polar surface area (TPSA) is 66.7 Å². The number of hydrogen-bond acceptors (Lipinski definition) is 4. The van der Waals surface area contributed by atoms with Crippen LogP contribution in [0.4, 0.5) is 11.4 Å². The summed E-state index contributed by atoms with van der Waals surface area (Å²) >= 11 is 0. The van der Waals surface area contributed by atoms with E-state index < -0.39 is 4.92 Å². The van der Waals surface area contributed by atoms with Gasteiger partial charge in [0.05, 0.1) is 4.92 Å². The molecule has 29 heavy (non-hydrogen) atoms. The Morgan fingerprint density at radius 2 is 1.69 bits per heavy atom. The van der Waals surface area contributed by atoms with Crippen LogP contribution in [-0.4, -0.2) is 41.9 Å². The summed E-state index contributed by atoms with van der Waals surface area (Å²) < 4.78 is 0. The number of carbonyl (C=O) groups is 1. The molecule has 152 valence electrons. The zero-order chi connectivity index (χ0) is 20.2. The van der Waals surface area contributed by atoms with E-state index in [0.717, 1.165) is 50.9 Å². The molecule has 0 aromatic heterocycles. The number of nitrogens with zero attached hydrogens (tertiary/aromatic N) is 3. The zero-order valence-electron chi connectivity index (χ0n) is 16.6. The van der Waals surface area contributed by atoms with Gasteiger partial charge in [0, 0.05) is 37.9 Å². The maximum atomic E-state index is 12.9. The molecular formula is C23H27N3O3. The Kier molecular flexibility index (Phi) is 5.79. The highest BCUT2D eigenvalue weighted by molar-refractivity contribution is 5.99. The maximum absolute atomic E-state index is 12.9. The van der Waals surface area contributed by atoms with Gasteiger partial charge in [-0.15, -0.1) is 0 Å². The summed E-state index contributed by atoms with van der Waals surface area (Å²) in [5, 5.41) is 11.5. The highest BCUT2D eigenvalue weighted by Gasteiger charge is 2.28. The molecule has 4 rings (SSSR count). The van der Waals surface area contributed by atoms with Crippen LogP contribution in [0.1, 0.15) is 53.9 Å². The minimum absolute atomic E-state index is 0.0948. The largest absolute Gasteiger partial charge is 0.371 e. The van der Waals surface area contributed by atoms with Crippen LogP contribution in [0, 0.1) is 10.1 Å². The van der Waals surface area contributed by atoms with E-state index in [9.17, 15) is 14.9 Å². The van der Waals surface area contributed by atoms with Gasteiger partial charge in [-0.25, -0.2) is 0 Å². The molecule has 0 saturated carbocycles. The van der Waals surface area contributed by atoms with Gasteiger partial charge in [0.25, 0.3) is 11.6 Å². The second kappa shape index (κ2) is 8.64. The van der Waals surface area contributed by atoms with Gasteiger partial charge in [-0.05, 0) is 55.7 Å². The molecule has 2 aliphatic rings. The van der Waals surface area contributed by atoms with Gasteiger partial charge in [-0.2, -0.15) is 0 Å². The average molecular weight is 393 g/mol. The molecule has 2 heterocycles. The van der Waals surface area contributed by atoms with Gasteiger partial charge in [0.1, 0.15) is 5.56 Å². The summed E-state index contributed by atoms with van der Waals surface area (Å²) in [4.78, 5) is 28.0. The first-order valence-electron chi connectivity index (χ1n) is 10.5. The summed E-state index contributed by atoms with van der Waals surface area (Å²) in [5.74, 6) is 0.318. The van der Waals surface area contributed by atoms with Gasteiger partial charge >= 0.3 is 0 Å². The first kappa shape index (κ1) is 19.4. The zero-order valence-corrected chi connectivity index (χ0v) is 16.6. The number of nitro benzene ring substituents is 1. The van der Waals surface area contributed by atoms with Crippen molar-refractivity contribution < 1.29 is 9.72 Å². The van der Waals surface area contributed by atoms with E-state index >= 15 is 0 Å². The van der Waals surface area contributed by atoms with Gasteiger partial charge in [-0.3, -0.25) is 14.9 Å². The van der Waals surface area contributed by atoms with Crippen LogP contribution in [0.15, 0.2) is 48.5 Å². The predicted molar refractivity (Wildman–Crippen MR) is 113 cm³/mol. The van der Waals surface area contributed by atoms with Crippen molar-refractivity contribution in [3.8, 4) is 0 Å². The quantitative estimate of drug-likeness (QED) is 0.562. The lowest BCUT2D eigenvalue weighted by molar-refractivity contribution is -0.385. The van der Waals surface area contributed by atoms with Crippen molar-refractivity contribution in [3.05, 3.63) is 69.8 Å². The number of amides is 1. The Balaban J connectivity index is 1.55. The third-order valence-electron chi connectivity index (χ3n) is 6.16. The number of nitro groups is 1. The molecular weight excluding hydrogens is 366 g/mol.